The first kappa shape index (κ1) is 14.7. The lowest BCUT2D eigenvalue weighted by Gasteiger charge is -2.16. The Labute approximate surface area is 128 Å². The summed E-state index contributed by atoms with van der Waals surface area (Å²) in [6.07, 6.45) is 6.01. The summed E-state index contributed by atoms with van der Waals surface area (Å²) in [6.45, 7) is 0. The summed E-state index contributed by atoms with van der Waals surface area (Å²) in [7, 11) is 1.82. The van der Waals surface area contributed by atoms with Crippen molar-refractivity contribution in [2.75, 3.05) is 7.05 Å². The van der Waals surface area contributed by atoms with Crippen LogP contribution in [-0.2, 0) is 12.8 Å². The van der Waals surface area contributed by atoms with Gasteiger partial charge in [0.2, 0.25) is 0 Å². The molecule has 2 aromatic rings. The molecule has 1 unspecified atom stereocenters. The number of hydrogen-bond acceptors (Lipinski definition) is 2. The first-order valence-electron chi connectivity index (χ1n) is 7.42. The van der Waals surface area contributed by atoms with Gasteiger partial charge in [-0.25, -0.2) is 8.78 Å². The Morgan fingerprint density at radius 1 is 1.10 bits per heavy atom. The van der Waals surface area contributed by atoms with E-state index in [9.17, 15) is 8.78 Å². The molecule has 0 fully saturated rings. The molecule has 4 heteroatoms. The molecule has 1 aliphatic rings. The number of benzene rings is 1. The monoisotopic (exact) mass is 307 g/mol. The van der Waals surface area contributed by atoms with Gasteiger partial charge in [0.05, 0.1) is 6.04 Å². The van der Waals surface area contributed by atoms with Gasteiger partial charge in [-0.3, -0.25) is 0 Å². The smallest absolute Gasteiger partial charge is 0.131 e. The Morgan fingerprint density at radius 2 is 1.90 bits per heavy atom. The molecule has 1 N–H and O–H groups in total. The van der Waals surface area contributed by atoms with Crippen LogP contribution in [0.1, 0.15) is 46.2 Å². The van der Waals surface area contributed by atoms with Crippen molar-refractivity contribution >= 4 is 11.3 Å². The Bertz CT molecular complexity index is 612. The summed E-state index contributed by atoms with van der Waals surface area (Å²) in [5, 5.41) is 3.17. The molecule has 0 bridgehead atoms. The lowest BCUT2D eigenvalue weighted by molar-refractivity contribution is 0.553. The van der Waals surface area contributed by atoms with Crippen molar-refractivity contribution in [1.29, 1.82) is 0 Å². The van der Waals surface area contributed by atoms with Gasteiger partial charge in [0, 0.05) is 21.4 Å². The van der Waals surface area contributed by atoms with Crippen LogP contribution in [0.5, 0.6) is 0 Å². The van der Waals surface area contributed by atoms with Crippen molar-refractivity contribution in [3.05, 3.63) is 56.8 Å². The van der Waals surface area contributed by atoms with Crippen LogP contribution in [0.15, 0.2) is 24.3 Å². The first-order chi connectivity index (χ1) is 10.2. The van der Waals surface area contributed by atoms with Gasteiger partial charge in [0.25, 0.3) is 0 Å². The number of aryl methyl sites for hydroxylation is 2. The lowest BCUT2D eigenvalue weighted by Crippen LogP contribution is -2.18. The van der Waals surface area contributed by atoms with Gasteiger partial charge in [-0.15, -0.1) is 11.3 Å². The molecule has 1 aromatic carbocycles. The summed E-state index contributed by atoms with van der Waals surface area (Å²) in [5.74, 6) is -1.02. The summed E-state index contributed by atoms with van der Waals surface area (Å²) in [5.41, 5.74) is 1.92. The van der Waals surface area contributed by atoms with E-state index in [1.165, 1.54) is 41.8 Å². The second-order valence-electron chi connectivity index (χ2n) is 5.55. The largest absolute Gasteiger partial charge is 0.309 e. The fourth-order valence-electron chi connectivity index (χ4n) is 3.02. The third-order valence-electron chi connectivity index (χ3n) is 4.11. The molecule has 1 aliphatic carbocycles. The van der Waals surface area contributed by atoms with Crippen LogP contribution in [0.25, 0.3) is 0 Å². The first-order valence-corrected chi connectivity index (χ1v) is 8.24. The Morgan fingerprint density at radius 3 is 2.67 bits per heavy atom. The van der Waals surface area contributed by atoms with E-state index in [2.05, 4.69) is 11.4 Å². The molecular formula is C17H19F2NS. The van der Waals surface area contributed by atoms with E-state index in [1.54, 1.807) is 11.3 Å². The molecule has 1 heterocycles. The van der Waals surface area contributed by atoms with Gasteiger partial charge in [0.15, 0.2) is 0 Å². The fourth-order valence-corrected chi connectivity index (χ4v) is 4.41. The molecule has 1 nitrogen and oxygen atoms in total. The van der Waals surface area contributed by atoms with Crippen LogP contribution in [0.4, 0.5) is 8.78 Å². The van der Waals surface area contributed by atoms with Crippen molar-refractivity contribution in [3.8, 4) is 0 Å². The van der Waals surface area contributed by atoms with Gasteiger partial charge in [0.1, 0.15) is 11.6 Å². The summed E-state index contributed by atoms with van der Waals surface area (Å²) in [4.78, 5) is 2.56. The highest BCUT2D eigenvalue weighted by molar-refractivity contribution is 7.12. The summed E-state index contributed by atoms with van der Waals surface area (Å²) in [6, 6.07) is 5.81. The van der Waals surface area contributed by atoms with E-state index < -0.39 is 11.6 Å². The third kappa shape index (κ3) is 3.01. The van der Waals surface area contributed by atoms with Crippen LogP contribution in [-0.4, -0.2) is 7.05 Å². The number of nitrogens with one attached hydrogen (secondary N) is 1. The number of halogens is 2. The molecule has 0 saturated heterocycles. The zero-order chi connectivity index (χ0) is 14.8. The average Bonchev–Trinajstić information content (AvgIpc) is 2.72. The molecule has 3 rings (SSSR count). The maximum Gasteiger partial charge on any atom is 0.131 e. The van der Waals surface area contributed by atoms with Crippen LogP contribution in [0, 0.1) is 11.6 Å². The standard InChI is InChI=1S/C17H19F2NS/c1-20-17(13-8-7-12(18)10-14(13)19)16-9-11-5-3-2-4-6-15(11)21-16/h7-10,17,20H,2-6H2,1H3. The minimum absolute atomic E-state index is 0.206. The molecule has 0 amide bonds. The Balaban J connectivity index is 1.96. The fraction of sp³-hybridized carbons (Fsp3) is 0.412. The molecule has 1 atom stereocenters. The Hall–Kier alpha value is -1.26. The quantitative estimate of drug-likeness (QED) is 0.817. The normalized spacial score (nSPS) is 16.3. The van der Waals surface area contributed by atoms with Crippen molar-refractivity contribution in [2.45, 2.75) is 38.1 Å². The van der Waals surface area contributed by atoms with Crippen molar-refractivity contribution in [1.82, 2.24) is 5.32 Å². The van der Waals surface area contributed by atoms with Crippen LogP contribution in [0.2, 0.25) is 0 Å². The van der Waals surface area contributed by atoms with Gasteiger partial charge in [-0.2, -0.15) is 0 Å². The van der Waals surface area contributed by atoms with E-state index in [1.807, 2.05) is 7.05 Å². The van der Waals surface area contributed by atoms with Gasteiger partial charge in [-0.1, -0.05) is 12.5 Å². The van der Waals surface area contributed by atoms with Crippen LogP contribution < -0.4 is 5.32 Å². The number of hydrogen-bond donors (Lipinski definition) is 1. The highest BCUT2D eigenvalue weighted by atomic mass is 32.1. The highest BCUT2D eigenvalue weighted by Gasteiger charge is 2.21. The van der Waals surface area contributed by atoms with E-state index in [-0.39, 0.29) is 6.04 Å². The minimum atomic E-state index is -0.534. The second-order valence-corrected chi connectivity index (χ2v) is 6.71. The topological polar surface area (TPSA) is 12.0 Å². The lowest BCUT2D eigenvalue weighted by atomic mass is 10.0. The highest BCUT2D eigenvalue weighted by Crippen LogP contribution is 2.35. The maximum atomic E-state index is 14.0. The van der Waals surface area contributed by atoms with Crippen LogP contribution in [0.3, 0.4) is 0 Å². The van der Waals surface area contributed by atoms with E-state index in [0.29, 0.717) is 5.56 Å². The molecule has 1 aromatic heterocycles. The second kappa shape index (κ2) is 6.24. The molecule has 0 spiro atoms. The number of rotatable bonds is 3. The van der Waals surface area contributed by atoms with Crippen molar-refractivity contribution < 1.29 is 8.78 Å². The SMILES string of the molecule is CNC(c1cc2c(s1)CCCCC2)c1ccc(F)cc1F. The molecular weight excluding hydrogens is 288 g/mol. The van der Waals surface area contributed by atoms with Gasteiger partial charge in [-0.05, 0) is 50.4 Å². The molecule has 0 aliphatic heterocycles. The Kier molecular flexibility index (Phi) is 4.36. The summed E-state index contributed by atoms with van der Waals surface area (Å²) < 4.78 is 27.1. The van der Waals surface area contributed by atoms with Crippen molar-refractivity contribution in [3.63, 3.8) is 0 Å². The number of thiophene rings is 1. The molecule has 0 radical (unpaired) electrons. The average molecular weight is 307 g/mol. The van der Waals surface area contributed by atoms with Gasteiger partial charge < -0.3 is 5.32 Å². The summed E-state index contributed by atoms with van der Waals surface area (Å²) >= 11 is 1.77. The predicted octanol–water partition coefficient (Wildman–Crippen LogP) is 4.60. The molecule has 0 saturated carbocycles. The molecule has 112 valence electrons. The van der Waals surface area contributed by atoms with Gasteiger partial charge >= 0.3 is 0 Å². The van der Waals surface area contributed by atoms with Crippen LogP contribution >= 0.6 is 11.3 Å². The zero-order valence-corrected chi connectivity index (χ0v) is 12.9. The third-order valence-corrected chi connectivity index (χ3v) is 5.41. The maximum absolute atomic E-state index is 14.0. The number of fused-ring (bicyclic) bond motifs is 1. The van der Waals surface area contributed by atoms with E-state index in [0.717, 1.165) is 23.8 Å². The van der Waals surface area contributed by atoms with E-state index >= 15 is 0 Å². The van der Waals surface area contributed by atoms with E-state index in [4.69, 9.17) is 0 Å². The van der Waals surface area contributed by atoms with Crippen molar-refractivity contribution in [2.24, 2.45) is 0 Å². The molecule has 21 heavy (non-hydrogen) atoms. The minimum Gasteiger partial charge on any atom is -0.309 e. The zero-order valence-electron chi connectivity index (χ0n) is 12.1. The predicted molar refractivity (Wildman–Crippen MR) is 82.8 cm³/mol.